The molecule has 0 saturated carbocycles. The SMILES string of the molecule is c1ccc(N2CN3C(=N2)c2cc4c(cc2-c2ccccc23)CCCC4)cc1. The molecule has 3 heteroatoms. The van der Waals surface area contributed by atoms with Crippen molar-refractivity contribution in [2.24, 2.45) is 5.10 Å². The lowest BCUT2D eigenvalue weighted by Crippen LogP contribution is -2.34. The molecule has 0 amide bonds. The summed E-state index contributed by atoms with van der Waals surface area (Å²) in [7, 11) is 0. The molecule has 3 nitrogen and oxygen atoms in total. The van der Waals surface area contributed by atoms with Crippen LogP contribution in [0.2, 0.25) is 0 Å². The molecule has 0 spiro atoms. The fourth-order valence-corrected chi connectivity index (χ4v) is 4.66. The first-order valence-corrected chi connectivity index (χ1v) is 9.83. The quantitative estimate of drug-likeness (QED) is 0.601. The summed E-state index contributed by atoms with van der Waals surface area (Å²) >= 11 is 0. The first-order chi connectivity index (χ1) is 13.4. The minimum absolute atomic E-state index is 0.757. The standard InChI is InChI=1S/C24H21N3/c1-2-10-19(11-3-1)27-16-26-23-13-7-6-12-20(23)21-14-17-8-4-5-9-18(17)15-22(21)24(26)25-27/h1-3,6-7,10-15H,4-5,8-9,16H2. The van der Waals surface area contributed by atoms with E-state index in [0.717, 1.165) is 18.2 Å². The van der Waals surface area contributed by atoms with Gasteiger partial charge in [0.1, 0.15) is 6.67 Å². The number of fused-ring (bicyclic) bond motifs is 7. The highest BCUT2D eigenvalue weighted by molar-refractivity contribution is 6.20. The highest BCUT2D eigenvalue weighted by Gasteiger charge is 2.34. The third-order valence-corrected chi connectivity index (χ3v) is 6.01. The second-order valence-corrected chi connectivity index (χ2v) is 7.62. The van der Waals surface area contributed by atoms with Crippen LogP contribution in [0.25, 0.3) is 11.1 Å². The van der Waals surface area contributed by atoms with Crippen molar-refractivity contribution >= 4 is 17.2 Å². The predicted octanol–water partition coefficient (Wildman–Crippen LogP) is 5.19. The lowest BCUT2D eigenvalue weighted by atomic mass is 9.84. The Morgan fingerprint density at radius 2 is 1.41 bits per heavy atom. The summed E-state index contributed by atoms with van der Waals surface area (Å²) in [5, 5.41) is 7.16. The molecular formula is C24H21N3. The Labute approximate surface area is 159 Å². The van der Waals surface area contributed by atoms with Gasteiger partial charge in [0.05, 0.1) is 11.4 Å². The molecule has 0 saturated heterocycles. The maximum absolute atomic E-state index is 5.05. The number of hydrogen-bond acceptors (Lipinski definition) is 3. The Bertz CT molecular complexity index is 1070. The number of benzene rings is 3. The van der Waals surface area contributed by atoms with Crippen molar-refractivity contribution in [1.29, 1.82) is 0 Å². The van der Waals surface area contributed by atoms with E-state index in [2.05, 4.69) is 76.6 Å². The van der Waals surface area contributed by atoms with E-state index < -0.39 is 0 Å². The number of rotatable bonds is 1. The van der Waals surface area contributed by atoms with E-state index in [9.17, 15) is 0 Å². The van der Waals surface area contributed by atoms with Gasteiger partial charge in [-0.15, -0.1) is 0 Å². The van der Waals surface area contributed by atoms with Crippen molar-refractivity contribution in [2.45, 2.75) is 25.7 Å². The van der Waals surface area contributed by atoms with E-state index in [1.807, 2.05) is 0 Å². The fourth-order valence-electron chi connectivity index (χ4n) is 4.66. The van der Waals surface area contributed by atoms with Crippen molar-refractivity contribution in [3.8, 4) is 11.1 Å². The summed E-state index contributed by atoms with van der Waals surface area (Å²) in [5.41, 5.74) is 9.40. The Morgan fingerprint density at radius 1 is 0.704 bits per heavy atom. The summed E-state index contributed by atoms with van der Waals surface area (Å²) in [6.45, 7) is 0.757. The number of nitrogens with zero attached hydrogens (tertiary/aromatic N) is 3. The third-order valence-electron chi connectivity index (χ3n) is 6.01. The van der Waals surface area contributed by atoms with Crippen LogP contribution >= 0.6 is 0 Å². The number of amidine groups is 1. The predicted molar refractivity (Wildman–Crippen MR) is 111 cm³/mol. The molecule has 2 aliphatic heterocycles. The first kappa shape index (κ1) is 15.0. The first-order valence-electron chi connectivity index (χ1n) is 9.83. The van der Waals surface area contributed by atoms with Gasteiger partial charge >= 0.3 is 0 Å². The van der Waals surface area contributed by atoms with Crippen LogP contribution in [0.1, 0.15) is 29.5 Å². The van der Waals surface area contributed by atoms with Crippen molar-refractivity contribution in [3.05, 3.63) is 83.4 Å². The number of para-hydroxylation sites is 2. The topological polar surface area (TPSA) is 18.8 Å². The van der Waals surface area contributed by atoms with Crippen LogP contribution < -0.4 is 9.91 Å². The summed E-state index contributed by atoms with van der Waals surface area (Å²) in [5.74, 6) is 1.08. The maximum Gasteiger partial charge on any atom is 0.163 e. The Balaban J connectivity index is 1.56. The molecule has 3 aromatic rings. The van der Waals surface area contributed by atoms with Crippen LogP contribution in [0.3, 0.4) is 0 Å². The summed E-state index contributed by atoms with van der Waals surface area (Å²) < 4.78 is 0. The Morgan fingerprint density at radius 3 is 2.22 bits per heavy atom. The molecule has 132 valence electrons. The van der Waals surface area contributed by atoms with Gasteiger partial charge in [0.2, 0.25) is 0 Å². The average Bonchev–Trinajstić information content (AvgIpc) is 3.19. The molecular weight excluding hydrogens is 330 g/mol. The minimum atomic E-state index is 0.757. The number of hydrogen-bond donors (Lipinski definition) is 0. The monoisotopic (exact) mass is 351 g/mol. The van der Waals surface area contributed by atoms with Gasteiger partial charge in [-0.3, -0.25) is 0 Å². The summed E-state index contributed by atoms with van der Waals surface area (Å²) in [6, 6.07) is 24.1. The van der Waals surface area contributed by atoms with Crippen molar-refractivity contribution in [1.82, 2.24) is 0 Å². The third kappa shape index (κ3) is 2.24. The van der Waals surface area contributed by atoms with Gasteiger partial charge in [-0.05, 0) is 66.6 Å². The van der Waals surface area contributed by atoms with E-state index in [-0.39, 0.29) is 0 Å². The average molecular weight is 351 g/mol. The molecule has 0 atom stereocenters. The van der Waals surface area contributed by atoms with Gasteiger partial charge in [0.15, 0.2) is 5.84 Å². The normalized spacial score (nSPS) is 17.0. The Kier molecular flexibility index (Phi) is 3.18. The molecule has 3 aliphatic rings. The molecule has 0 N–H and O–H groups in total. The second-order valence-electron chi connectivity index (χ2n) is 7.62. The minimum Gasteiger partial charge on any atom is -0.304 e. The molecule has 0 unspecified atom stereocenters. The zero-order valence-electron chi connectivity index (χ0n) is 15.2. The van der Waals surface area contributed by atoms with E-state index in [4.69, 9.17) is 5.10 Å². The smallest absolute Gasteiger partial charge is 0.163 e. The lowest BCUT2D eigenvalue weighted by Gasteiger charge is -2.31. The van der Waals surface area contributed by atoms with Crippen molar-refractivity contribution < 1.29 is 0 Å². The second kappa shape index (κ2) is 5.71. The zero-order chi connectivity index (χ0) is 17.8. The van der Waals surface area contributed by atoms with Gasteiger partial charge < -0.3 is 4.90 Å². The van der Waals surface area contributed by atoms with E-state index in [1.54, 1.807) is 0 Å². The molecule has 27 heavy (non-hydrogen) atoms. The summed E-state index contributed by atoms with van der Waals surface area (Å²) in [6.07, 6.45) is 5.01. The number of anilines is 2. The molecule has 2 heterocycles. The highest BCUT2D eigenvalue weighted by atomic mass is 15.6. The van der Waals surface area contributed by atoms with Crippen molar-refractivity contribution in [3.63, 3.8) is 0 Å². The largest absolute Gasteiger partial charge is 0.304 e. The van der Waals surface area contributed by atoms with Gasteiger partial charge in [-0.2, -0.15) is 5.10 Å². The lowest BCUT2D eigenvalue weighted by molar-refractivity contribution is 0.685. The van der Waals surface area contributed by atoms with Crippen LogP contribution in [0.5, 0.6) is 0 Å². The maximum atomic E-state index is 5.05. The van der Waals surface area contributed by atoms with E-state index in [1.165, 1.54) is 59.2 Å². The molecule has 3 aromatic carbocycles. The molecule has 1 aliphatic carbocycles. The van der Waals surface area contributed by atoms with Gasteiger partial charge in [-0.1, -0.05) is 42.5 Å². The molecule has 6 rings (SSSR count). The molecule has 0 aromatic heterocycles. The Hall–Kier alpha value is -3.07. The fraction of sp³-hybridized carbons (Fsp3) is 0.208. The van der Waals surface area contributed by atoms with E-state index >= 15 is 0 Å². The highest BCUT2D eigenvalue weighted by Crippen LogP contribution is 2.43. The van der Waals surface area contributed by atoms with Crippen LogP contribution in [0.15, 0.2) is 71.8 Å². The summed E-state index contributed by atoms with van der Waals surface area (Å²) in [4.78, 5) is 2.36. The van der Waals surface area contributed by atoms with Gasteiger partial charge in [0, 0.05) is 11.1 Å². The molecule has 0 radical (unpaired) electrons. The molecule has 0 fully saturated rings. The molecule has 0 bridgehead atoms. The van der Waals surface area contributed by atoms with Crippen LogP contribution in [0.4, 0.5) is 11.4 Å². The van der Waals surface area contributed by atoms with Crippen LogP contribution in [0, 0.1) is 0 Å². The van der Waals surface area contributed by atoms with Gasteiger partial charge in [0.25, 0.3) is 0 Å². The number of aryl methyl sites for hydroxylation is 2. The van der Waals surface area contributed by atoms with Crippen molar-refractivity contribution in [2.75, 3.05) is 16.6 Å². The van der Waals surface area contributed by atoms with Crippen LogP contribution in [-0.2, 0) is 12.8 Å². The van der Waals surface area contributed by atoms with Crippen LogP contribution in [-0.4, -0.2) is 12.5 Å². The zero-order valence-corrected chi connectivity index (χ0v) is 15.2. The number of hydrazone groups is 1. The van der Waals surface area contributed by atoms with Gasteiger partial charge in [-0.25, -0.2) is 5.01 Å². The van der Waals surface area contributed by atoms with E-state index in [0.29, 0.717) is 0 Å².